The van der Waals surface area contributed by atoms with Gasteiger partial charge >= 0.3 is 5.97 Å². The average Bonchev–Trinajstić information content (AvgIpc) is 3.00. The number of hydrazine groups is 1. The van der Waals surface area contributed by atoms with E-state index in [2.05, 4.69) is 16.7 Å². The Morgan fingerprint density at radius 2 is 1.58 bits per heavy atom. The summed E-state index contributed by atoms with van der Waals surface area (Å²) >= 11 is -2.44. The number of piperazine rings is 1. The number of fused-ring (bicyclic) bond motifs is 1. The number of aliphatic carboxylic acids is 1. The number of hydrogen-bond acceptors (Lipinski definition) is 5. The van der Waals surface area contributed by atoms with E-state index in [9.17, 15) is 23.5 Å². The number of carboxylic acid groups (broad SMARTS) is 1. The van der Waals surface area contributed by atoms with Gasteiger partial charge in [0.25, 0.3) is 5.56 Å². The molecule has 0 spiro atoms. The van der Waals surface area contributed by atoms with Crippen molar-refractivity contribution >= 4 is 33.7 Å². The number of nitrogens with zero attached hydrogens (tertiary/aromatic N) is 4. The first-order chi connectivity index (χ1) is 20.7. The lowest BCUT2D eigenvalue weighted by atomic mass is 10.1. The van der Waals surface area contributed by atoms with Crippen LogP contribution in [0.2, 0.25) is 0 Å². The monoisotopic (exact) mass is 598 g/mol. The molecule has 43 heavy (non-hydrogen) atoms. The van der Waals surface area contributed by atoms with Crippen molar-refractivity contribution in [3.63, 3.8) is 0 Å². The minimum atomic E-state index is -2.44. The van der Waals surface area contributed by atoms with Crippen molar-refractivity contribution in [3.05, 3.63) is 112 Å². The van der Waals surface area contributed by atoms with Crippen LogP contribution in [-0.4, -0.2) is 66.0 Å². The largest absolute Gasteiger partial charge is 0.480 e. The standard InChI is InChI=1S/C33H34N4O5S/c1-24(2)31(33(39)40)37(43(41)42)36-20-18-34(19-21-36)29-14-11-25(12-15-29)8-9-26-10-13-28-16-17-35(32(38)30(28)22-26)23-27-6-4-3-5-7-27/h3-7,10-17,22,24,31H,18-21,23H2,1-2H3,(H,39,40)(H,41,42). The van der Waals surface area contributed by atoms with Crippen molar-refractivity contribution < 1.29 is 18.7 Å². The van der Waals surface area contributed by atoms with E-state index in [0.29, 0.717) is 38.1 Å². The summed E-state index contributed by atoms with van der Waals surface area (Å²) in [6.45, 7) is 5.93. The van der Waals surface area contributed by atoms with E-state index < -0.39 is 23.3 Å². The van der Waals surface area contributed by atoms with Gasteiger partial charge in [-0.15, -0.1) is 4.41 Å². The maximum absolute atomic E-state index is 13.2. The second-order valence-corrected chi connectivity index (χ2v) is 11.7. The van der Waals surface area contributed by atoms with Gasteiger partial charge in [-0.05, 0) is 59.3 Å². The quantitative estimate of drug-likeness (QED) is 0.233. The van der Waals surface area contributed by atoms with Crippen molar-refractivity contribution in [3.8, 4) is 11.8 Å². The minimum Gasteiger partial charge on any atom is -0.480 e. The summed E-state index contributed by atoms with van der Waals surface area (Å²) in [5, 5.41) is 12.8. The zero-order valence-corrected chi connectivity index (χ0v) is 24.9. The third kappa shape index (κ3) is 7.04. The maximum atomic E-state index is 13.2. The third-order valence-electron chi connectivity index (χ3n) is 7.58. The summed E-state index contributed by atoms with van der Waals surface area (Å²) in [5.74, 6) is 4.91. The van der Waals surface area contributed by atoms with E-state index in [1.807, 2.05) is 85.1 Å². The molecule has 9 nitrogen and oxygen atoms in total. The van der Waals surface area contributed by atoms with Gasteiger partial charge in [0, 0.05) is 54.6 Å². The van der Waals surface area contributed by atoms with Crippen molar-refractivity contribution in [2.75, 3.05) is 31.1 Å². The maximum Gasteiger partial charge on any atom is 0.323 e. The molecular formula is C33H34N4O5S. The van der Waals surface area contributed by atoms with Crippen molar-refractivity contribution in [1.82, 2.24) is 14.0 Å². The Kier molecular flexibility index (Phi) is 9.38. The molecule has 2 heterocycles. The number of rotatable bonds is 8. The SMILES string of the molecule is CC(C)C(C(=O)O)N(N1CCN(c2ccc(C#Cc3ccc4ccn(Cc5ccccc5)c(=O)c4c3)cc2)CC1)S(=O)O. The van der Waals surface area contributed by atoms with Crippen LogP contribution in [0.4, 0.5) is 5.69 Å². The van der Waals surface area contributed by atoms with Crippen LogP contribution in [0.25, 0.3) is 10.8 Å². The number of pyridine rings is 1. The molecule has 3 aromatic carbocycles. The Hall–Kier alpha value is -4.27. The predicted molar refractivity (Wildman–Crippen MR) is 169 cm³/mol. The van der Waals surface area contributed by atoms with Crippen LogP contribution in [0.3, 0.4) is 0 Å². The lowest BCUT2D eigenvalue weighted by Crippen LogP contribution is -2.60. The Morgan fingerprint density at radius 1 is 0.930 bits per heavy atom. The minimum absolute atomic E-state index is 0.0505. The first-order valence-corrected chi connectivity index (χ1v) is 15.2. The van der Waals surface area contributed by atoms with Crippen LogP contribution in [0.15, 0.2) is 89.9 Å². The number of carboxylic acids is 1. The number of hydrogen-bond donors (Lipinski definition) is 2. The molecule has 5 rings (SSSR count). The van der Waals surface area contributed by atoms with Crippen LogP contribution in [-0.2, 0) is 22.6 Å². The predicted octanol–water partition coefficient (Wildman–Crippen LogP) is 4.03. The average molecular weight is 599 g/mol. The van der Waals surface area contributed by atoms with Crippen LogP contribution >= 0.6 is 0 Å². The molecular weight excluding hydrogens is 564 g/mol. The highest BCUT2D eigenvalue weighted by Crippen LogP contribution is 2.22. The van der Waals surface area contributed by atoms with Gasteiger partial charge in [0.2, 0.25) is 11.3 Å². The molecule has 1 aliphatic rings. The second-order valence-electron chi connectivity index (χ2n) is 10.8. The Morgan fingerprint density at radius 3 is 2.21 bits per heavy atom. The Labute approximate surface area is 253 Å². The number of anilines is 1. The summed E-state index contributed by atoms with van der Waals surface area (Å²) < 4.78 is 24.7. The summed E-state index contributed by atoms with van der Waals surface area (Å²) in [6.07, 6.45) is 1.83. The molecule has 222 valence electrons. The van der Waals surface area contributed by atoms with E-state index >= 15 is 0 Å². The van der Waals surface area contributed by atoms with Crippen LogP contribution in [0.5, 0.6) is 0 Å². The lowest BCUT2D eigenvalue weighted by Gasteiger charge is -2.42. The fourth-order valence-corrected chi connectivity index (χ4v) is 6.21. The normalized spacial score (nSPS) is 15.3. The molecule has 0 radical (unpaired) electrons. The Balaban J connectivity index is 1.26. The number of carbonyl (C=O) groups is 1. The summed E-state index contributed by atoms with van der Waals surface area (Å²) in [7, 11) is 0. The zero-order valence-electron chi connectivity index (χ0n) is 24.1. The first-order valence-electron chi connectivity index (χ1n) is 14.1. The Bertz CT molecular complexity index is 1740. The summed E-state index contributed by atoms with van der Waals surface area (Å²) in [6, 6.07) is 24.3. The second kappa shape index (κ2) is 13.4. The van der Waals surface area contributed by atoms with Crippen molar-refractivity contribution in [2.24, 2.45) is 5.92 Å². The molecule has 0 saturated carbocycles. The summed E-state index contributed by atoms with van der Waals surface area (Å²) in [4.78, 5) is 27.1. The van der Waals surface area contributed by atoms with Gasteiger partial charge in [-0.3, -0.25) is 14.1 Å². The number of aromatic nitrogens is 1. The molecule has 1 aliphatic heterocycles. The van der Waals surface area contributed by atoms with Crippen LogP contribution < -0.4 is 10.5 Å². The number of benzene rings is 3. The van der Waals surface area contributed by atoms with Gasteiger partial charge in [0.1, 0.15) is 6.04 Å². The van der Waals surface area contributed by atoms with E-state index in [1.165, 1.54) is 0 Å². The van der Waals surface area contributed by atoms with Gasteiger partial charge in [-0.2, -0.15) is 0 Å². The lowest BCUT2D eigenvalue weighted by molar-refractivity contribution is -0.148. The van der Waals surface area contributed by atoms with Gasteiger partial charge in [0.15, 0.2) is 0 Å². The molecule has 0 amide bonds. The molecule has 4 aromatic rings. The highest BCUT2D eigenvalue weighted by atomic mass is 32.2. The molecule has 0 bridgehead atoms. The van der Waals surface area contributed by atoms with Crippen LogP contribution in [0, 0.1) is 17.8 Å². The smallest absolute Gasteiger partial charge is 0.323 e. The highest BCUT2D eigenvalue weighted by molar-refractivity contribution is 7.76. The van der Waals surface area contributed by atoms with Crippen molar-refractivity contribution in [2.45, 2.75) is 26.4 Å². The van der Waals surface area contributed by atoms with Gasteiger partial charge < -0.3 is 14.6 Å². The fraction of sp³-hybridized carbons (Fsp3) is 0.273. The third-order valence-corrected chi connectivity index (χ3v) is 8.35. The molecule has 1 aromatic heterocycles. The fourth-order valence-electron chi connectivity index (χ4n) is 5.32. The highest BCUT2D eigenvalue weighted by Gasteiger charge is 2.38. The topological polar surface area (TPSA) is 106 Å². The molecule has 0 aliphatic carbocycles. The van der Waals surface area contributed by atoms with Crippen LogP contribution in [0.1, 0.15) is 30.5 Å². The molecule has 1 fully saturated rings. The molecule has 1 saturated heterocycles. The first kappa shape index (κ1) is 30.2. The van der Waals surface area contributed by atoms with E-state index in [1.54, 1.807) is 23.4 Å². The zero-order chi connectivity index (χ0) is 30.5. The molecule has 10 heteroatoms. The van der Waals surface area contributed by atoms with E-state index in [-0.39, 0.29) is 11.5 Å². The summed E-state index contributed by atoms with van der Waals surface area (Å²) in [5.41, 5.74) is 3.59. The van der Waals surface area contributed by atoms with Gasteiger partial charge in [-0.1, -0.05) is 62.1 Å². The van der Waals surface area contributed by atoms with Crippen molar-refractivity contribution in [1.29, 1.82) is 0 Å². The van der Waals surface area contributed by atoms with Gasteiger partial charge in [-0.25, -0.2) is 9.22 Å². The molecule has 2 unspecified atom stereocenters. The van der Waals surface area contributed by atoms with E-state index in [0.717, 1.165) is 32.2 Å². The van der Waals surface area contributed by atoms with Gasteiger partial charge in [0.05, 0.1) is 6.54 Å². The van der Waals surface area contributed by atoms with E-state index in [4.69, 9.17) is 0 Å². The molecule has 2 atom stereocenters. The molecule has 2 N–H and O–H groups in total.